The third-order valence-electron chi connectivity index (χ3n) is 2.26. The summed E-state index contributed by atoms with van der Waals surface area (Å²) in [6.45, 7) is 6.35. The van der Waals surface area contributed by atoms with Crippen molar-refractivity contribution in [3.05, 3.63) is 16.9 Å². The summed E-state index contributed by atoms with van der Waals surface area (Å²) in [5, 5.41) is 8.70. The molecule has 1 N–H and O–H groups in total. The summed E-state index contributed by atoms with van der Waals surface area (Å²) < 4.78 is 1.88. The zero-order valence-electron chi connectivity index (χ0n) is 9.83. The van der Waals surface area contributed by atoms with Crippen LogP contribution in [-0.4, -0.2) is 33.4 Å². The van der Waals surface area contributed by atoms with E-state index in [1.807, 2.05) is 30.5 Å². The maximum atomic E-state index is 6.08. The van der Waals surface area contributed by atoms with Gasteiger partial charge in [-0.05, 0) is 26.1 Å². The molecule has 1 rings (SSSR count). The summed E-state index contributed by atoms with van der Waals surface area (Å²) in [5.41, 5.74) is 0.993. The summed E-state index contributed by atoms with van der Waals surface area (Å²) in [4.78, 5) is 1.95. The van der Waals surface area contributed by atoms with Gasteiger partial charge in [-0.15, -0.1) is 0 Å². The van der Waals surface area contributed by atoms with E-state index in [0.717, 1.165) is 23.9 Å². The van der Waals surface area contributed by atoms with Crippen molar-refractivity contribution in [3.8, 4) is 0 Å². The normalized spacial score (nSPS) is 10.2. The lowest BCUT2D eigenvalue weighted by atomic mass is 10.4. The SMILES string of the molecule is CCNC(=S)N(C)Cc1c(Cl)cnn1CC. The average Bonchev–Trinajstić information content (AvgIpc) is 2.60. The lowest BCUT2D eigenvalue weighted by molar-refractivity contribution is 0.459. The first kappa shape index (κ1) is 13.3. The van der Waals surface area contributed by atoms with Gasteiger partial charge in [0.15, 0.2) is 5.11 Å². The van der Waals surface area contributed by atoms with Crippen LogP contribution in [0.4, 0.5) is 0 Å². The third kappa shape index (κ3) is 3.09. The molecule has 0 aliphatic rings. The minimum absolute atomic E-state index is 0.665. The van der Waals surface area contributed by atoms with E-state index >= 15 is 0 Å². The monoisotopic (exact) mass is 260 g/mol. The fourth-order valence-electron chi connectivity index (χ4n) is 1.40. The van der Waals surface area contributed by atoms with E-state index in [2.05, 4.69) is 10.4 Å². The molecule has 1 aromatic heterocycles. The van der Waals surface area contributed by atoms with Gasteiger partial charge in [0.1, 0.15) is 0 Å². The number of nitrogens with zero attached hydrogens (tertiary/aromatic N) is 3. The van der Waals surface area contributed by atoms with Crippen molar-refractivity contribution in [1.29, 1.82) is 0 Å². The summed E-state index contributed by atoms with van der Waals surface area (Å²) in [5.74, 6) is 0. The number of hydrogen-bond acceptors (Lipinski definition) is 2. The Morgan fingerprint density at radius 1 is 1.62 bits per heavy atom. The highest BCUT2D eigenvalue weighted by atomic mass is 35.5. The van der Waals surface area contributed by atoms with Gasteiger partial charge in [0, 0.05) is 20.1 Å². The number of rotatable bonds is 4. The highest BCUT2D eigenvalue weighted by molar-refractivity contribution is 7.80. The second-order valence-corrected chi connectivity index (χ2v) is 4.24. The third-order valence-corrected chi connectivity index (χ3v) is 3.03. The van der Waals surface area contributed by atoms with Crippen LogP contribution >= 0.6 is 23.8 Å². The van der Waals surface area contributed by atoms with Crippen molar-refractivity contribution in [3.63, 3.8) is 0 Å². The smallest absolute Gasteiger partial charge is 0.169 e. The zero-order chi connectivity index (χ0) is 12.1. The lowest BCUT2D eigenvalue weighted by Gasteiger charge is -2.21. The Morgan fingerprint density at radius 2 is 2.31 bits per heavy atom. The van der Waals surface area contributed by atoms with E-state index in [-0.39, 0.29) is 0 Å². The van der Waals surface area contributed by atoms with Crippen LogP contribution in [0.15, 0.2) is 6.20 Å². The Bertz CT molecular complexity index is 364. The van der Waals surface area contributed by atoms with Gasteiger partial charge in [-0.25, -0.2) is 0 Å². The van der Waals surface area contributed by atoms with Gasteiger partial charge < -0.3 is 10.2 Å². The molecule has 1 aromatic rings. The van der Waals surface area contributed by atoms with Crippen LogP contribution in [0.2, 0.25) is 5.02 Å². The fourth-order valence-corrected chi connectivity index (χ4v) is 1.81. The zero-order valence-corrected chi connectivity index (χ0v) is 11.4. The van der Waals surface area contributed by atoms with E-state index in [4.69, 9.17) is 23.8 Å². The molecule has 0 amide bonds. The molecule has 0 radical (unpaired) electrons. The second kappa shape index (κ2) is 6.06. The number of thiocarbonyl (C=S) groups is 1. The highest BCUT2D eigenvalue weighted by Gasteiger charge is 2.12. The van der Waals surface area contributed by atoms with E-state index in [0.29, 0.717) is 11.6 Å². The molecule has 0 bridgehead atoms. The maximum absolute atomic E-state index is 6.08. The molecule has 0 aliphatic carbocycles. The van der Waals surface area contributed by atoms with Gasteiger partial charge in [0.2, 0.25) is 0 Å². The van der Waals surface area contributed by atoms with E-state index in [9.17, 15) is 0 Å². The minimum atomic E-state index is 0.665. The molecule has 0 aromatic carbocycles. The van der Waals surface area contributed by atoms with Crippen LogP contribution < -0.4 is 5.32 Å². The van der Waals surface area contributed by atoms with Gasteiger partial charge in [0.25, 0.3) is 0 Å². The molecule has 0 saturated carbocycles. The Hall–Kier alpha value is -0.810. The van der Waals surface area contributed by atoms with Crippen molar-refractivity contribution >= 4 is 28.9 Å². The van der Waals surface area contributed by atoms with Gasteiger partial charge in [-0.3, -0.25) is 4.68 Å². The largest absolute Gasteiger partial charge is 0.363 e. The number of nitrogens with one attached hydrogen (secondary N) is 1. The highest BCUT2D eigenvalue weighted by Crippen LogP contribution is 2.16. The van der Waals surface area contributed by atoms with Crippen molar-refractivity contribution in [2.24, 2.45) is 0 Å². The number of aromatic nitrogens is 2. The maximum Gasteiger partial charge on any atom is 0.169 e. The number of aryl methyl sites for hydroxylation is 1. The van der Waals surface area contributed by atoms with Gasteiger partial charge in [0.05, 0.1) is 23.5 Å². The van der Waals surface area contributed by atoms with Gasteiger partial charge in [-0.2, -0.15) is 5.10 Å². The van der Waals surface area contributed by atoms with E-state index in [1.165, 1.54) is 0 Å². The van der Waals surface area contributed by atoms with Crippen molar-refractivity contribution in [1.82, 2.24) is 20.0 Å². The Kier molecular flexibility index (Phi) is 5.02. The first-order chi connectivity index (χ1) is 7.60. The molecule has 6 heteroatoms. The second-order valence-electron chi connectivity index (χ2n) is 3.45. The van der Waals surface area contributed by atoms with Crippen LogP contribution in [0.25, 0.3) is 0 Å². The summed E-state index contributed by atoms with van der Waals surface area (Å²) in [6.07, 6.45) is 1.67. The van der Waals surface area contributed by atoms with Crippen LogP contribution in [-0.2, 0) is 13.1 Å². The molecule has 90 valence electrons. The topological polar surface area (TPSA) is 33.1 Å². The van der Waals surface area contributed by atoms with E-state index < -0.39 is 0 Å². The first-order valence-electron chi connectivity index (χ1n) is 5.29. The van der Waals surface area contributed by atoms with Crippen LogP contribution in [0, 0.1) is 0 Å². The molecule has 0 unspecified atom stereocenters. The first-order valence-corrected chi connectivity index (χ1v) is 6.07. The molecule has 0 atom stereocenters. The fraction of sp³-hybridized carbons (Fsp3) is 0.600. The minimum Gasteiger partial charge on any atom is -0.363 e. The van der Waals surface area contributed by atoms with Crippen LogP contribution in [0.3, 0.4) is 0 Å². The molecular formula is C10H17ClN4S. The molecule has 0 aliphatic heterocycles. The quantitative estimate of drug-likeness (QED) is 0.839. The standard InChI is InChI=1S/C10H17ClN4S/c1-4-12-10(16)14(3)7-9-8(11)6-13-15(9)5-2/h6H,4-5,7H2,1-3H3,(H,12,16). The van der Waals surface area contributed by atoms with Crippen molar-refractivity contribution < 1.29 is 0 Å². The Labute approximate surface area is 107 Å². The van der Waals surface area contributed by atoms with Gasteiger partial charge in [-0.1, -0.05) is 11.6 Å². The summed E-state index contributed by atoms with van der Waals surface area (Å²) in [6, 6.07) is 0. The average molecular weight is 261 g/mol. The molecule has 0 fully saturated rings. The lowest BCUT2D eigenvalue weighted by Crippen LogP contribution is -2.36. The molecular weight excluding hydrogens is 244 g/mol. The van der Waals surface area contributed by atoms with Gasteiger partial charge >= 0.3 is 0 Å². The van der Waals surface area contributed by atoms with E-state index in [1.54, 1.807) is 6.20 Å². The molecule has 1 heterocycles. The van der Waals surface area contributed by atoms with Crippen LogP contribution in [0.5, 0.6) is 0 Å². The van der Waals surface area contributed by atoms with Crippen LogP contribution in [0.1, 0.15) is 19.5 Å². The number of halogens is 1. The Morgan fingerprint density at radius 3 is 2.88 bits per heavy atom. The number of hydrogen-bond donors (Lipinski definition) is 1. The molecule has 4 nitrogen and oxygen atoms in total. The molecule has 0 saturated heterocycles. The molecule has 0 spiro atoms. The summed E-state index contributed by atoms with van der Waals surface area (Å²) >= 11 is 11.3. The molecule has 16 heavy (non-hydrogen) atoms. The summed E-state index contributed by atoms with van der Waals surface area (Å²) in [7, 11) is 1.94. The Balaban J connectivity index is 2.72. The predicted octanol–water partition coefficient (Wildman–Crippen LogP) is 1.88. The van der Waals surface area contributed by atoms with Crippen molar-refractivity contribution in [2.75, 3.05) is 13.6 Å². The van der Waals surface area contributed by atoms with Crippen molar-refractivity contribution in [2.45, 2.75) is 26.9 Å². The predicted molar refractivity (Wildman–Crippen MR) is 70.7 cm³/mol.